The maximum atomic E-state index is 11.8. The van der Waals surface area contributed by atoms with Crippen LogP contribution in [0.15, 0.2) is 61.2 Å². The molecule has 0 fully saturated rings. The molecule has 0 aromatic heterocycles. The first-order valence-electron chi connectivity index (χ1n) is 11.8. The fourth-order valence-corrected chi connectivity index (χ4v) is 5.07. The van der Waals surface area contributed by atoms with E-state index in [9.17, 15) is 8.42 Å². The number of sulfonamides is 1. The van der Waals surface area contributed by atoms with Crippen LogP contribution < -0.4 is 28.8 Å². The minimum Gasteiger partial charge on any atom is -0.493 e. The van der Waals surface area contributed by atoms with E-state index in [1.807, 2.05) is 24.3 Å². The number of hydrogen-bond acceptors (Lipinski definition) is 8. The average Bonchev–Trinajstić information content (AvgIpc) is 2.90. The largest absolute Gasteiger partial charge is 0.493 e. The summed E-state index contributed by atoms with van der Waals surface area (Å²) in [6, 6.07) is 14.5. The molecule has 0 saturated carbocycles. The van der Waals surface area contributed by atoms with Crippen molar-refractivity contribution in [2.75, 3.05) is 41.2 Å². The van der Waals surface area contributed by atoms with Gasteiger partial charge >= 0.3 is 0 Å². The standard InChI is InChI=1S/C28H31NO8S/c1-5-12-35-13-14-36-24-11-10-23-26(28(24)34-4)20-8-6-18(17-38(29,30)31)15-21(20)27(37-23)19-7-9-22(32-2)25(16-19)33-3/h5-11,15-16,27H,1,12-14,17H2,2-4H3,(H2,29,30,31). The summed E-state index contributed by atoms with van der Waals surface area (Å²) in [6.45, 7) is 4.77. The fraction of sp³-hybridized carbons (Fsp3) is 0.286. The van der Waals surface area contributed by atoms with Crippen molar-refractivity contribution in [3.63, 3.8) is 0 Å². The van der Waals surface area contributed by atoms with Gasteiger partial charge in [0.05, 0.1) is 45.9 Å². The van der Waals surface area contributed by atoms with Crippen LogP contribution in [0.1, 0.15) is 22.8 Å². The number of hydrogen-bond donors (Lipinski definition) is 1. The molecule has 0 amide bonds. The van der Waals surface area contributed by atoms with Gasteiger partial charge in [-0.15, -0.1) is 6.58 Å². The summed E-state index contributed by atoms with van der Waals surface area (Å²) in [4.78, 5) is 0. The lowest BCUT2D eigenvalue weighted by Crippen LogP contribution is -2.18. The molecule has 9 nitrogen and oxygen atoms in total. The Labute approximate surface area is 222 Å². The van der Waals surface area contributed by atoms with Gasteiger partial charge in [0.2, 0.25) is 10.0 Å². The van der Waals surface area contributed by atoms with Gasteiger partial charge in [0, 0.05) is 11.1 Å². The number of nitrogens with two attached hydrogens (primary N) is 1. The highest BCUT2D eigenvalue weighted by Crippen LogP contribution is 2.52. The first-order valence-corrected chi connectivity index (χ1v) is 13.6. The maximum Gasteiger partial charge on any atom is 0.213 e. The second kappa shape index (κ2) is 11.8. The Hall–Kier alpha value is -3.73. The Morgan fingerprint density at radius 2 is 1.71 bits per heavy atom. The number of rotatable bonds is 12. The molecule has 1 aliphatic rings. The van der Waals surface area contributed by atoms with Crippen molar-refractivity contribution in [1.82, 2.24) is 0 Å². The van der Waals surface area contributed by atoms with Crippen molar-refractivity contribution in [1.29, 1.82) is 0 Å². The molecule has 2 N–H and O–H groups in total. The highest BCUT2D eigenvalue weighted by Gasteiger charge is 2.32. The third-order valence-electron chi connectivity index (χ3n) is 6.00. The molecule has 1 aliphatic heterocycles. The molecule has 0 radical (unpaired) electrons. The van der Waals surface area contributed by atoms with Crippen LogP contribution in [-0.2, 0) is 20.5 Å². The fourth-order valence-electron chi connectivity index (χ4n) is 4.43. The molecular weight excluding hydrogens is 510 g/mol. The molecule has 0 saturated heterocycles. The molecule has 4 rings (SSSR count). The Balaban J connectivity index is 1.82. The van der Waals surface area contributed by atoms with E-state index >= 15 is 0 Å². The predicted molar refractivity (Wildman–Crippen MR) is 144 cm³/mol. The number of fused-ring (bicyclic) bond motifs is 3. The molecule has 3 aromatic carbocycles. The van der Waals surface area contributed by atoms with E-state index in [2.05, 4.69) is 6.58 Å². The van der Waals surface area contributed by atoms with Crippen LogP contribution in [-0.4, -0.2) is 49.6 Å². The van der Waals surface area contributed by atoms with E-state index in [0.717, 1.165) is 16.7 Å². The van der Waals surface area contributed by atoms with Crippen molar-refractivity contribution >= 4 is 10.0 Å². The third-order valence-corrected chi connectivity index (χ3v) is 6.73. The van der Waals surface area contributed by atoms with Crippen LogP contribution in [0.5, 0.6) is 28.7 Å². The molecule has 3 aromatic rings. The van der Waals surface area contributed by atoms with Crippen molar-refractivity contribution in [2.45, 2.75) is 11.9 Å². The van der Waals surface area contributed by atoms with Gasteiger partial charge in [-0.05, 0) is 35.4 Å². The van der Waals surface area contributed by atoms with E-state index in [0.29, 0.717) is 59.7 Å². The molecule has 0 bridgehead atoms. The zero-order chi connectivity index (χ0) is 27.3. The average molecular weight is 542 g/mol. The third kappa shape index (κ3) is 5.88. The Bertz CT molecular complexity index is 1420. The van der Waals surface area contributed by atoms with Crippen LogP contribution in [0.25, 0.3) is 11.1 Å². The second-order valence-corrected chi connectivity index (χ2v) is 10.1. The lowest BCUT2D eigenvalue weighted by Gasteiger charge is -2.31. The molecule has 1 heterocycles. The molecule has 0 aliphatic carbocycles. The van der Waals surface area contributed by atoms with E-state index < -0.39 is 16.1 Å². The molecule has 0 spiro atoms. The van der Waals surface area contributed by atoms with Crippen LogP contribution in [0.3, 0.4) is 0 Å². The second-order valence-electron chi connectivity index (χ2n) is 8.52. The summed E-state index contributed by atoms with van der Waals surface area (Å²) < 4.78 is 58.2. The normalized spacial score (nSPS) is 14.1. The van der Waals surface area contributed by atoms with Crippen LogP contribution in [0.4, 0.5) is 0 Å². The molecule has 1 unspecified atom stereocenters. The van der Waals surface area contributed by atoms with E-state index in [4.69, 9.17) is 33.6 Å². The number of methoxy groups -OCH3 is 3. The zero-order valence-electron chi connectivity index (χ0n) is 21.6. The summed E-state index contributed by atoms with van der Waals surface area (Å²) in [7, 11) is 0.947. The number of ether oxygens (including phenoxy) is 6. The minimum atomic E-state index is -3.74. The zero-order valence-corrected chi connectivity index (χ0v) is 22.4. The molecule has 1 atom stereocenters. The number of primary sulfonamides is 1. The van der Waals surface area contributed by atoms with Crippen LogP contribution in [0, 0.1) is 0 Å². The highest BCUT2D eigenvalue weighted by atomic mass is 32.2. The van der Waals surface area contributed by atoms with E-state index in [-0.39, 0.29) is 5.75 Å². The highest BCUT2D eigenvalue weighted by molar-refractivity contribution is 7.88. The summed E-state index contributed by atoms with van der Waals surface area (Å²) in [5.74, 6) is 2.43. The van der Waals surface area contributed by atoms with Gasteiger partial charge in [-0.2, -0.15) is 0 Å². The molecule has 10 heteroatoms. The van der Waals surface area contributed by atoms with E-state index in [1.165, 1.54) is 0 Å². The lowest BCUT2D eigenvalue weighted by atomic mass is 9.87. The Morgan fingerprint density at radius 3 is 2.39 bits per heavy atom. The van der Waals surface area contributed by atoms with Crippen molar-refractivity contribution in [2.24, 2.45) is 5.14 Å². The minimum absolute atomic E-state index is 0.309. The van der Waals surface area contributed by atoms with Crippen molar-refractivity contribution < 1.29 is 36.8 Å². The molecule has 38 heavy (non-hydrogen) atoms. The van der Waals surface area contributed by atoms with Gasteiger partial charge in [-0.25, -0.2) is 13.6 Å². The SMILES string of the molecule is C=CCOCCOc1ccc2c(c1OC)-c1ccc(CS(N)(=O)=O)cc1C(c1ccc(OC)c(OC)c1)O2. The monoisotopic (exact) mass is 541 g/mol. The van der Waals surface area contributed by atoms with Crippen LogP contribution >= 0.6 is 0 Å². The van der Waals surface area contributed by atoms with Crippen molar-refractivity contribution in [3.05, 3.63) is 77.9 Å². The topological polar surface area (TPSA) is 116 Å². The smallest absolute Gasteiger partial charge is 0.213 e. The van der Waals surface area contributed by atoms with Gasteiger partial charge in [0.15, 0.2) is 23.0 Å². The molecular formula is C28H31NO8S. The first kappa shape index (κ1) is 27.3. The summed E-state index contributed by atoms with van der Waals surface area (Å²) in [5, 5.41) is 5.34. The maximum absolute atomic E-state index is 11.8. The van der Waals surface area contributed by atoms with E-state index in [1.54, 1.807) is 51.7 Å². The van der Waals surface area contributed by atoms with Gasteiger partial charge in [-0.1, -0.05) is 30.3 Å². The summed E-state index contributed by atoms with van der Waals surface area (Å²) >= 11 is 0. The van der Waals surface area contributed by atoms with Crippen molar-refractivity contribution in [3.8, 4) is 39.9 Å². The lowest BCUT2D eigenvalue weighted by molar-refractivity contribution is 0.119. The van der Waals surface area contributed by atoms with Gasteiger partial charge in [0.1, 0.15) is 18.5 Å². The quantitative estimate of drug-likeness (QED) is 0.268. The summed E-state index contributed by atoms with van der Waals surface area (Å²) in [6.07, 6.45) is 1.11. The Morgan fingerprint density at radius 1 is 0.947 bits per heavy atom. The number of benzene rings is 3. The Kier molecular flexibility index (Phi) is 8.45. The summed E-state index contributed by atoms with van der Waals surface area (Å²) in [5.41, 5.74) is 3.59. The van der Waals surface area contributed by atoms with Crippen LogP contribution in [0.2, 0.25) is 0 Å². The van der Waals surface area contributed by atoms with Gasteiger partial charge in [-0.3, -0.25) is 0 Å². The predicted octanol–water partition coefficient (Wildman–Crippen LogP) is 4.23. The molecule has 202 valence electrons. The van der Waals surface area contributed by atoms with Gasteiger partial charge < -0.3 is 28.4 Å². The van der Waals surface area contributed by atoms with Gasteiger partial charge in [0.25, 0.3) is 0 Å². The first-order chi connectivity index (χ1) is 18.3.